The van der Waals surface area contributed by atoms with Gasteiger partial charge >= 0.3 is 6.03 Å². The van der Waals surface area contributed by atoms with Crippen LogP contribution in [-0.4, -0.2) is 47.1 Å². The third-order valence-electron chi connectivity index (χ3n) is 5.01. The van der Waals surface area contributed by atoms with Crippen molar-refractivity contribution in [1.82, 2.24) is 14.7 Å². The van der Waals surface area contributed by atoms with Crippen LogP contribution in [-0.2, 0) is 24.2 Å². The highest BCUT2D eigenvalue weighted by atomic mass is 16.5. The van der Waals surface area contributed by atoms with Crippen LogP contribution in [0.25, 0.3) is 0 Å². The topological polar surface area (TPSA) is 68.6 Å². The highest BCUT2D eigenvalue weighted by molar-refractivity contribution is 5.89. The van der Waals surface area contributed by atoms with E-state index in [-0.39, 0.29) is 12.1 Å². The Morgan fingerprint density at radius 1 is 1.42 bits per heavy atom. The number of nitrogens with zero attached hydrogens (tertiary/aromatic N) is 3. The number of anilines is 1. The molecule has 2 aliphatic heterocycles. The highest BCUT2D eigenvalue weighted by Crippen LogP contribution is 2.24. The van der Waals surface area contributed by atoms with Crippen LogP contribution in [0.4, 0.5) is 10.5 Å². The average Bonchev–Trinajstić information content (AvgIpc) is 3.33. The molecule has 26 heavy (non-hydrogen) atoms. The lowest BCUT2D eigenvalue weighted by atomic mass is 10.00. The van der Waals surface area contributed by atoms with Gasteiger partial charge in [-0.05, 0) is 42.5 Å². The third kappa shape index (κ3) is 3.67. The van der Waals surface area contributed by atoms with E-state index in [0.717, 1.165) is 43.7 Å². The van der Waals surface area contributed by atoms with Gasteiger partial charge in [-0.25, -0.2) is 4.79 Å². The first-order valence-electron chi connectivity index (χ1n) is 9.07. The Morgan fingerprint density at radius 2 is 2.35 bits per heavy atom. The van der Waals surface area contributed by atoms with E-state index in [1.165, 1.54) is 5.56 Å². The summed E-state index contributed by atoms with van der Waals surface area (Å²) >= 11 is 0. The van der Waals surface area contributed by atoms with Crippen molar-refractivity contribution >= 4 is 11.7 Å². The van der Waals surface area contributed by atoms with Crippen LogP contribution in [0.2, 0.25) is 0 Å². The van der Waals surface area contributed by atoms with Gasteiger partial charge in [0.2, 0.25) is 0 Å². The van der Waals surface area contributed by atoms with Crippen LogP contribution in [0.1, 0.15) is 24.0 Å². The summed E-state index contributed by atoms with van der Waals surface area (Å²) in [6, 6.07) is 5.96. The van der Waals surface area contributed by atoms with E-state index in [0.29, 0.717) is 18.8 Å². The van der Waals surface area contributed by atoms with Crippen molar-refractivity contribution in [1.29, 1.82) is 0 Å². The molecule has 0 saturated carbocycles. The molecule has 7 heteroatoms. The number of ether oxygens (including phenoxy) is 2. The number of amides is 2. The smallest absolute Gasteiger partial charge is 0.322 e. The summed E-state index contributed by atoms with van der Waals surface area (Å²) in [7, 11) is 1.66. The number of nitrogens with one attached hydrogen (secondary N) is 1. The van der Waals surface area contributed by atoms with Gasteiger partial charge in [0.1, 0.15) is 5.75 Å². The van der Waals surface area contributed by atoms with Crippen LogP contribution in [0, 0.1) is 0 Å². The van der Waals surface area contributed by atoms with Crippen molar-refractivity contribution in [3.63, 3.8) is 0 Å². The molecule has 1 N–H and O–H groups in total. The van der Waals surface area contributed by atoms with Crippen molar-refractivity contribution in [3.05, 3.63) is 41.7 Å². The standard InChI is InChI=1S/C19H24N4O3/c1-25-17-5-4-14-6-7-22(11-15(14)9-17)19(24)21-16-10-20-23(12-16)13-18-3-2-8-26-18/h4-5,9-10,12,18H,2-3,6-8,11,13H2,1H3,(H,21,24). The van der Waals surface area contributed by atoms with E-state index in [1.54, 1.807) is 13.3 Å². The molecule has 0 aliphatic carbocycles. The summed E-state index contributed by atoms with van der Waals surface area (Å²) < 4.78 is 12.8. The summed E-state index contributed by atoms with van der Waals surface area (Å²) in [6.07, 6.45) is 6.81. The number of fused-ring (bicyclic) bond motifs is 1. The van der Waals surface area contributed by atoms with Gasteiger partial charge in [0.05, 0.1) is 31.6 Å². The van der Waals surface area contributed by atoms with Gasteiger partial charge in [0.15, 0.2) is 0 Å². The van der Waals surface area contributed by atoms with Gasteiger partial charge in [-0.3, -0.25) is 4.68 Å². The number of rotatable bonds is 4. The van der Waals surface area contributed by atoms with Crippen LogP contribution in [0.3, 0.4) is 0 Å². The Morgan fingerprint density at radius 3 is 3.15 bits per heavy atom. The Kier molecular flexibility index (Phi) is 4.79. The Hall–Kier alpha value is -2.54. The first-order chi connectivity index (χ1) is 12.7. The molecule has 1 saturated heterocycles. The molecule has 3 heterocycles. The summed E-state index contributed by atoms with van der Waals surface area (Å²) in [5, 5.41) is 7.27. The monoisotopic (exact) mass is 356 g/mol. The molecular weight excluding hydrogens is 332 g/mol. The molecule has 0 bridgehead atoms. The lowest BCUT2D eigenvalue weighted by Crippen LogP contribution is -2.38. The minimum Gasteiger partial charge on any atom is -0.497 e. The Balaban J connectivity index is 1.37. The summed E-state index contributed by atoms with van der Waals surface area (Å²) in [5.41, 5.74) is 3.13. The summed E-state index contributed by atoms with van der Waals surface area (Å²) in [6.45, 7) is 2.85. The normalized spacial score (nSPS) is 19.3. The zero-order valence-corrected chi connectivity index (χ0v) is 15.0. The van der Waals surface area contributed by atoms with Gasteiger partial charge in [0.25, 0.3) is 0 Å². The third-order valence-corrected chi connectivity index (χ3v) is 5.01. The van der Waals surface area contributed by atoms with Gasteiger partial charge < -0.3 is 19.7 Å². The molecule has 2 aromatic rings. The van der Waals surface area contributed by atoms with Crippen LogP contribution >= 0.6 is 0 Å². The van der Waals surface area contributed by atoms with Crippen molar-refractivity contribution < 1.29 is 14.3 Å². The van der Waals surface area contributed by atoms with Gasteiger partial charge in [0, 0.05) is 25.9 Å². The quantitative estimate of drug-likeness (QED) is 0.914. The molecule has 138 valence electrons. The fourth-order valence-corrected chi connectivity index (χ4v) is 3.56. The van der Waals surface area contributed by atoms with Gasteiger partial charge in [-0.15, -0.1) is 0 Å². The van der Waals surface area contributed by atoms with Gasteiger partial charge in [-0.1, -0.05) is 6.07 Å². The number of hydrogen-bond acceptors (Lipinski definition) is 4. The predicted molar refractivity (Wildman–Crippen MR) is 97.3 cm³/mol. The molecule has 2 aliphatic rings. The molecule has 0 radical (unpaired) electrons. The van der Waals surface area contributed by atoms with Crippen molar-refractivity contribution in [2.45, 2.75) is 38.5 Å². The van der Waals surface area contributed by atoms with Crippen molar-refractivity contribution in [2.24, 2.45) is 0 Å². The molecule has 1 atom stereocenters. The number of urea groups is 1. The van der Waals surface area contributed by atoms with E-state index >= 15 is 0 Å². The summed E-state index contributed by atoms with van der Waals surface area (Å²) in [5.74, 6) is 0.821. The first-order valence-corrected chi connectivity index (χ1v) is 9.07. The SMILES string of the molecule is COc1ccc2c(c1)CN(C(=O)Nc1cnn(CC3CCCO3)c1)CC2. The Bertz CT molecular complexity index is 783. The molecule has 2 amide bonds. The van der Waals surface area contributed by atoms with E-state index in [4.69, 9.17) is 9.47 Å². The molecular formula is C19H24N4O3. The molecule has 1 aromatic heterocycles. The number of methoxy groups -OCH3 is 1. The van der Waals surface area contributed by atoms with E-state index < -0.39 is 0 Å². The maximum Gasteiger partial charge on any atom is 0.322 e. The number of hydrogen-bond donors (Lipinski definition) is 1. The minimum absolute atomic E-state index is 0.102. The zero-order chi connectivity index (χ0) is 17.9. The number of carbonyl (C=O) groups is 1. The number of aromatic nitrogens is 2. The maximum absolute atomic E-state index is 12.6. The minimum atomic E-state index is -0.102. The second kappa shape index (κ2) is 7.37. The van der Waals surface area contributed by atoms with E-state index in [1.807, 2.05) is 27.9 Å². The largest absolute Gasteiger partial charge is 0.497 e. The lowest BCUT2D eigenvalue weighted by molar-refractivity contribution is 0.0940. The number of carbonyl (C=O) groups excluding carboxylic acids is 1. The molecule has 1 aromatic carbocycles. The van der Waals surface area contributed by atoms with Crippen molar-refractivity contribution in [3.8, 4) is 5.75 Å². The maximum atomic E-state index is 12.6. The second-order valence-corrected chi connectivity index (χ2v) is 6.82. The molecule has 1 unspecified atom stereocenters. The number of benzene rings is 1. The van der Waals surface area contributed by atoms with Crippen LogP contribution < -0.4 is 10.1 Å². The van der Waals surface area contributed by atoms with E-state index in [9.17, 15) is 4.79 Å². The van der Waals surface area contributed by atoms with Crippen molar-refractivity contribution in [2.75, 3.05) is 25.6 Å². The first kappa shape index (κ1) is 16.9. The summed E-state index contributed by atoms with van der Waals surface area (Å²) in [4.78, 5) is 14.4. The van der Waals surface area contributed by atoms with Crippen LogP contribution in [0.5, 0.6) is 5.75 Å². The predicted octanol–water partition coefficient (Wildman–Crippen LogP) is 2.66. The van der Waals surface area contributed by atoms with Crippen LogP contribution in [0.15, 0.2) is 30.6 Å². The average molecular weight is 356 g/mol. The molecule has 0 spiro atoms. The Labute approximate surface area is 152 Å². The fraction of sp³-hybridized carbons (Fsp3) is 0.474. The molecule has 7 nitrogen and oxygen atoms in total. The van der Waals surface area contributed by atoms with E-state index in [2.05, 4.69) is 16.5 Å². The second-order valence-electron chi connectivity index (χ2n) is 6.82. The molecule has 1 fully saturated rings. The van der Waals surface area contributed by atoms with Gasteiger partial charge in [-0.2, -0.15) is 5.10 Å². The molecule has 4 rings (SSSR count). The lowest BCUT2D eigenvalue weighted by Gasteiger charge is -2.29. The zero-order valence-electron chi connectivity index (χ0n) is 15.0. The highest BCUT2D eigenvalue weighted by Gasteiger charge is 2.22. The fourth-order valence-electron chi connectivity index (χ4n) is 3.56.